The van der Waals surface area contributed by atoms with E-state index in [1.807, 2.05) is 0 Å². The fourth-order valence-corrected chi connectivity index (χ4v) is 3.00. The average Bonchev–Trinajstić information content (AvgIpc) is 3.07. The van der Waals surface area contributed by atoms with E-state index in [1.54, 1.807) is 54.6 Å². The summed E-state index contributed by atoms with van der Waals surface area (Å²) in [6.07, 6.45) is -1.29. The number of benzene rings is 2. The van der Waals surface area contributed by atoms with Crippen LogP contribution in [-0.2, 0) is 19.0 Å². The molecule has 30 heavy (non-hydrogen) atoms. The van der Waals surface area contributed by atoms with Crippen LogP contribution in [0, 0.1) is 0 Å². The molecule has 0 bridgehead atoms. The van der Waals surface area contributed by atoms with Gasteiger partial charge in [-0.05, 0) is 36.4 Å². The highest BCUT2D eigenvalue weighted by molar-refractivity contribution is 7.85. The number of carbonyl (C=O) groups is 2. The smallest absolute Gasteiger partial charge is 0.441 e. The Bertz CT molecular complexity index is 1050. The van der Waals surface area contributed by atoms with E-state index in [9.17, 15) is 18.0 Å². The second-order valence-electron chi connectivity index (χ2n) is 6.33. The molecule has 1 heterocycles. The molecule has 1 saturated heterocycles. The molecule has 0 saturated carbocycles. The van der Waals surface area contributed by atoms with Gasteiger partial charge in [0.25, 0.3) is 10.1 Å². The van der Waals surface area contributed by atoms with Crippen LogP contribution in [0.2, 0.25) is 0 Å². The largest absolute Gasteiger partial charge is 0.441 e. The summed E-state index contributed by atoms with van der Waals surface area (Å²) in [4.78, 5) is 28.9. The lowest BCUT2D eigenvalue weighted by Gasteiger charge is -2.13. The van der Waals surface area contributed by atoms with E-state index < -0.39 is 28.4 Å². The Balaban J connectivity index is 1.63. The predicted molar refractivity (Wildman–Crippen MR) is 108 cm³/mol. The Kier molecular flexibility index (Phi) is 6.33. The number of ether oxygens (including phenoxy) is 2. The van der Waals surface area contributed by atoms with Crippen molar-refractivity contribution in [3.05, 3.63) is 60.2 Å². The molecule has 0 aromatic heterocycles. The van der Waals surface area contributed by atoms with Gasteiger partial charge in [-0.3, -0.25) is 9.08 Å². The number of amides is 2. The number of amidine groups is 1. The molecule has 1 aliphatic heterocycles. The van der Waals surface area contributed by atoms with Crippen LogP contribution in [0.1, 0.15) is 5.56 Å². The quantitative estimate of drug-likeness (QED) is 0.414. The Hall–Kier alpha value is -3.44. The molecule has 1 aliphatic rings. The maximum Gasteiger partial charge on any atom is 0.441 e. The zero-order valence-electron chi connectivity index (χ0n) is 15.9. The van der Waals surface area contributed by atoms with Gasteiger partial charge in [0.05, 0.1) is 12.8 Å². The Morgan fingerprint density at radius 1 is 1.20 bits per heavy atom. The van der Waals surface area contributed by atoms with Crippen LogP contribution in [0.3, 0.4) is 0 Å². The van der Waals surface area contributed by atoms with Gasteiger partial charge in [0.1, 0.15) is 24.3 Å². The number of hydrogen-bond donors (Lipinski definition) is 1. The highest BCUT2D eigenvalue weighted by Crippen LogP contribution is 2.22. The second-order valence-corrected chi connectivity index (χ2v) is 7.97. The normalized spacial score (nSPS) is 17.0. The minimum atomic E-state index is -3.63. The van der Waals surface area contributed by atoms with Crippen LogP contribution in [0.4, 0.5) is 15.3 Å². The van der Waals surface area contributed by atoms with Gasteiger partial charge in [-0.2, -0.15) is 13.4 Å². The van der Waals surface area contributed by atoms with Crippen LogP contribution in [0.5, 0.6) is 5.75 Å². The lowest BCUT2D eigenvalue weighted by atomic mass is 10.2. The topological polar surface area (TPSA) is 138 Å². The summed E-state index contributed by atoms with van der Waals surface area (Å²) in [5, 5.41) is 0. The van der Waals surface area contributed by atoms with Crippen molar-refractivity contribution in [3.8, 4) is 5.75 Å². The van der Waals surface area contributed by atoms with Gasteiger partial charge < -0.3 is 15.2 Å². The summed E-state index contributed by atoms with van der Waals surface area (Å²) in [7, 11) is -3.63. The van der Waals surface area contributed by atoms with Crippen LogP contribution in [0.25, 0.3) is 0 Å². The second kappa shape index (κ2) is 8.93. The van der Waals surface area contributed by atoms with Gasteiger partial charge in [0, 0.05) is 11.3 Å². The monoisotopic (exact) mass is 433 g/mol. The van der Waals surface area contributed by atoms with Crippen LogP contribution < -0.4 is 15.4 Å². The van der Waals surface area contributed by atoms with E-state index in [4.69, 9.17) is 15.2 Å². The van der Waals surface area contributed by atoms with Gasteiger partial charge in [0.2, 0.25) is 0 Å². The molecule has 2 aromatic carbocycles. The number of nitrogens with two attached hydrogens (primary N) is 1. The molecule has 11 heteroatoms. The molecular weight excluding hydrogens is 414 g/mol. The number of aliphatic imine (C=N–C) groups is 1. The maximum absolute atomic E-state index is 12.0. The molecule has 0 aliphatic carbocycles. The van der Waals surface area contributed by atoms with Crippen molar-refractivity contribution in [2.75, 3.05) is 24.3 Å². The number of rotatable bonds is 6. The molecule has 10 nitrogen and oxygen atoms in total. The summed E-state index contributed by atoms with van der Waals surface area (Å²) in [6.45, 7) is -0.136. The molecule has 0 radical (unpaired) electrons. The molecule has 1 unspecified atom stereocenters. The highest BCUT2D eigenvalue weighted by atomic mass is 32.2. The molecule has 1 atom stereocenters. The summed E-state index contributed by atoms with van der Waals surface area (Å²) >= 11 is 0. The van der Waals surface area contributed by atoms with Crippen LogP contribution in [-0.4, -0.2) is 52.0 Å². The summed E-state index contributed by atoms with van der Waals surface area (Å²) < 4.78 is 37.0. The zero-order chi connectivity index (χ0) is 21.7. The molecule has 1 fully saturated rings. The van der Waals surface area contributed by atoms with Gasteiger partial charge >= 0.3 is 12.2 Å². The lowest BCUT2D eigenvalue weighted by Crippen LogP contribution is -2.26. The first kappa shape index (κ1) is 21.3. The molecule has 158 valence electrons. The van der Waals surface area contributed by atoms with Crippen molar-refractivity contribution >= 4 is 33.8 Å². The van der Waals surface area contributed by atoms with Crippen molar-refractivity contribution in [1.29, 1.82) is 0 Å². The third-order valence-electron chi connectivity index (χ3n) is 3.98. The number of hydrogen-bond acceptors (Lipinski definition) is 7. The Labute approximate surface area is 173 Å². The number of para-hydroxylation sites is 1. The van der Waals surface area contributed by atoms with Crippen LogP contribution in [0.15, 0.2) is 59.6 Å². The number of carbonyl (C=O) groups excluding carboxylic acids is 2. The minimum absolute atomic E-state index is 0.0501. The molecular formula is C19H19N3O7S. The van der Waals surface area contributed by atoms with E-state index in [-0.39, 0.29) is 19.0 Å². The number of nitrogens with zero attached hydrogens (tertiary/aromatic N) is 2. The predicted octanol–water partition coefficient (Wildman–Crippen LogP) is 1.89. The minimum Gasteiger partial charge on any atom is -0.441 e. The molecule has 0 spiro atoms. The maximum atomic E-state index is 12.0. The van der Waals surface area contributed by atoms with Gasteiger partial charge in [0.15, 0.2) is 0 Å². The summed E-state index contributed by atoms with van der Waals surface area (Å²) in [5.74, 6) is 0.294. The third-order valence-corrected chi connectivity index (χ3v) is 4.54. The first-order valence-corrected chi connectivity index (χ1v) is 10.6. The third kappa shape index (κ3) is 5.78. The van der Waals surface area contributed by atoms with Crippen molar-refractivity contribution in [2.24, 2.45) is 10.7 Å². The molecule has 3 rings (SSSR count). The van der Waals surface area contributed by atoms with Crippen molar-refractivity contribution < 1.29 is 31.7 Å². The van der Waals surface area contributed by atoms with Gasteiger partial charge in [-0.25, -0.2) is 9.59 Å². The fraction of sp³-hybridized carbons (Fsp3) is 0.211. The lowest BCUT2D eigenvalue weighted by molar-refractivity contribution is 0.107. The van der Waals surface area contributed by atoms with E-state index in [0.717, 1.165) is 6.26 Å². The first-order valence-electron chi connectivity index (χ1n) is 8.75. The van der Waals surface area contributed by atoms with Gasteiger partial charge in [-0.1, -0.05) is 18.2 Å². The average molecular weight is 433 g/mol. The standard InChI is InChI=1S/C19H19N3O7S/c1-30(25,26)27-12-16-11-22(19(24)29-16)14-9-7-13(8-10-14)17(20)21-18(23)28-15-5-3-2-4-6-15/h2-10,16H,11-12H2,1H3,(H2,20,21,23). The summed E-state index contributed by atoms with van der Waals surface area (Å²) in [5.41, 5.74) is 6.81. The highest BCUT2D eigenvalue weighted by Gasteiger charge is 2.33. The van der Waals surface area contributed by atoms with E-state index >= 15 is 0 Å². The molecule has 2 aromatic rings. The fourth-order valence-electron chi connectivity index (χ4n) is 2.61. The van der Waals surface area contributed by atoms with Crippen molar-refractivity contribution in [1.82, 2.24) is 0 Å². The van der Waals surface area contributed by atoms with E-state index in [2.05, 4.69) is 9.18 Å². The first-order chi connectivity index (χ1) is 14.2. The zero-order valence-corrected chi connectivity index (χ0v) is 16.7. The van der Waals surface area contributed by atoms with Gasteiger partial charge in [-0.15, -0.1) is 0 Å². The number of cyclic esters (lactones) is 1. The summed E-state index contributed by atoms with van der Waals surface area (Å²) in [6, 6.07) is 14.8. The SMILES string of the molecule is CS(=O)(=O)OCC1CN(c2ccc(C(N)=NC(=O)Oc3ccccc3)cc2)C(=O)O1. The number of anilines is 1. The Morgan fingerprint density at radius 3 is 2.50 bits per heavy atom. The molecule has 2 amide bonds. The van der Waals surface area contributed by atoms with Crippen LogP contribution >= 0.6 is 0 Å². The van der Waals surface area contributed by atoms with E-state index in [0.29, 0.717) is 17.0 Å². The van der Waals surface area contributed by atoms with E-state index in [1.165, 1.54) is 4.90 Å². The Morgan fingerprint density at radius 2 is 1.87 bits per heavy atom. The molecule has 2 N–H and O–H groups in total. The van der Waals surface area contributed by atoms with Crippen molar-refractivity contribution in [2.45, 2.75) is 6.10 Å². The van der Waals surface area contributed by atoms with Crippen molar-refractivity contribution in [3.63, 3.8) is 0 Å².